The zero-order valence-corrected chi connectivity index (χ0v) is 19.2. The van der Waals surface area contributed by atoms with Crippen LogP contribution in [0.3, 0.4) is 0 Å². The first-order valence-corrected chi connectivity index (χ1v) is 11.8. The normalized spacial score (nSPS) is 22.6. The Labute approximate surface area is 194 Å². The number of anilines is 1. The number of halogens is 1. The molecule has 2 heterocycles. The van der Waals surface area contributed by atoms with E-state index in [0.29, 0.717) is 25.8 Å². The molecule has 2 aliphatic heterocycles. The number of nitrogens with zero attached hydrogens (tertiary/aromatic N) is 2. The Morgan fingerprint density at radius 1 is 1.06 bits per heavy atom. The maximum atomic E-state index is 13.5. The Morgan fingerprint density at radius 2 is 1.76 bits per heavy atom. The second kappa shape index (κ2) is 10.5. The first-order chi connectivity index (χ1) is 16.0. The molecular formula is C26H33FN2O4. The van der Waals surface area contributed by atoms with Crippen molar-refractivity contribution in [3.05, 3.63) is 65.5 Å². The highest BCUT2D eigenvalue weighted by molar-refractivity contribution is 5.69. The molecule has 33 heavy (non-hydrogen) atoms. The van der Waals surface area contributed by atoms with Gasteiger partial charge in [-0.25, -0.2) is 9.18 Å². The van der Waals surface area contributed by atoms with Gasteiger partial charge >= 0.3 is 6.09 Å². The summed E-state index contributed by atoms with van der Waals surface area (Å²) < 4.78 is 25.1. The van der Waals surface area contributed by atoms with Crippen LogP contribution in [0.1, 0.15) is 49.8 Å². The highest BCUT2D eigenvalue weighted by Gasteiger charge is 2.40. The summed E-state index contributed by atoms with van der Waals surface area (Å²) in [6.07, 6.45) is 2.01. The predicted molar refractivity (Wildman–Crippen MR) is 125 cm³/mol. The van der Waals surface area contributed by atoms with Crippen molar-refractivity contribution in [1.82, 2.24) is 4.90 Å². The van der Waals surface area contributed by atoms with E-state index in [4.69, 9.17) is 9.47 Å². The summed E-state index contributed by atoms with van der Waals surface area (Å²) in [5, 5.41) is 9.42. The fraction of sp³-hybridized carbons (Fsp3) is 0.500. The second-order valence-corrected chi connectivity index (χ2v) is 8.86. The molecule has 2 aliphatic rings. The molecule has 1 amide bonds. The molecule has 2 atom stereocenters. The van der Waals surface area contributed by atoms with Crippen LogP contribution in [0.5, 0.6) is 0 Å². The van der Waals surface area contributed by atoms with E-state index in [1.54, 1.807) is 17.0 Å². The summed E-state index contributed by atoms with van der Waals surface area (Å²) in [4.78, 5) is 17.4. The lowest BCUT2D eigenvalue weighted by molar-refractivity contribution is -0.0181. The Hall–Kier alpha value is -2.64. The highest BCUT2D eigenvalue weighted by Crippen LogP contribution is 2.40. The van der Waals surface area contributed by atoms with E-state index in [1.807, 2.05) is 6.92 Å². The number of cyclic esters (lactones) is 1. The summed E-state index contributed by atoms with van der Waals surface area (Å²) in [6.45, 7) is 5.85. The predicted octanol–water partition coefficient (Wildman–Crippen LogP) is 4.62. The Morgan fingerprint density at radius 3 is 2.42 bits per heavy atom. The number of rotatable bonds is 7. The van der Waals surface area contributed by atoms with Crippen LogP contribution in [0.25, 0.3) is 0 Å². The fourth-order valence-electron chi connectivity index (χ4n) is 4.86. The lowest BCUT2D eigenvalue weighted by Crippen LogP contribution is -2.38. The van der Waals surface area contributed by atoms with Gasteiger partial charge in [0.25, 0.3) is 0 Å². The van der Waals surface area contributed by atoms with Gasteiger partial charge in [0.05, 0.1) is 19.3 Å². The number of aliphatic hydroxyl groups excluding tert-OH is 1. The Kier molecular flexibility index (Phi) is 7.50. The summed E-state index contributed by atoms with van der Waals surface area (Å²) in [6, 6.07) is 14.4. The summed E-state index contributed by atoms with van der Waals surface area (Å²) in [5.41, 5.74) is 2.12. The van der Waals surface area contributed by atoms with E-state index in [-0.39, 0.29) is 24.6 Å². The van der Waals surface area contributed by atoms with E-state index < -0.39 is 5.60 Å². The number of benzene rings is 2. The van der Waals surface area contributed by atoms with Gasteiger partial charge in [0.1, 0.15) is 11.4 Å². The molecule has 0 saturated carbocycles. The van der Waals surface area contributed by atoms with Crippen LogP contribution in [-0.4, -0.2) is 55.6 Å². The molecule has 2 saturated heterocycles. The molecule has 0 aromatic heterocycles. The third-order valence-electron chi connectivity index (χ3n) is 6.83. The van der Waals surface area contributed by atoms with Crippen LogP contribution >= 0.6 is 0 Å². The molecule has 2 unspecified atom stereocenters. The third kappa shape index (κ3) is 5.31. The van der Waals surface area contributed by atoms with Crippen LogP contribution in [0.4, 0.5) is 14.9 Å². The molecule has 2 fully saturated rings. The van der Waals surface area contributed by atoms with Gasteiger partial charge in [0.2, 0.25) is 0 Å². The lowest BCUT2D eigenvalue weighted by Gasteiger charge is -2.34. The van der Waals surface area contributed by atoms with Crippen LogP contribution < -0.4 is 4.90 Å². The molecule has 4 rings (SSSR count). The first-order valence-electron chi connectivity index (χ1n) is 11.8. The number of hydrogen-bond acceptors (Lipinski definition) is 5. The maximum Gasteiger partial charge on any atom is 0.411 e. The van der Waals surface area contributed by atoms with E-state index >= 15 is 0 Å². The minimum absolute atomic E-state index is 0.0100. The van der Waals surface area contributed by atoms with Crippen LogP contribution in [0.2, 0.25) is 0 Å². The van der Waals surface area contributed by atoms with Crippen LogP contribution in [-0.2, 0) is 15.1 Å². The van der Waals surface area contributed by atoms with Crippen molar-refractivity contribution >= 4 is 11.8 Å². The van der Waals surface area contributed by atoms with Gasteiger partial charge in [0.15, 0.2) is 0 Å². The van der Waals surface area contributed by atoms with Gasteiger partial charge in [-0.1, -0.05) is 24.3 Å². The lowest BCUT2D eigenvalue weighted by atomic mass is 9.85. The summed E-state index contributed by atoms with van der Waals surface area (Å²) >= 11 is 0. The van der Waals surface area contributed by atoms with Crippen molar-refractivity contribution in [3.8, 4) is 0 Å². The Balaban J connectivity index is 1.51. The summed E-state index contributed by atoms with van der Waals surface area (Å²) in [7, 11) is 0. The standard InChI is InChI=1S/C26H33FN2O4/c1-20(21-4-10-24(11-5-21)28-15-18-32-19-16-28)29-14-2-12-26(13-3-17-30,33-25(29)31)22-6-8-23(27)9-7-22/h4-11,20,30H,2-3,12-19H2,1H3. The zero-order chi connectivity index (χ0) is 23.3. The number of aliphatic hydroxyl groups is 1. The molecule has 1 N–H and O–H groups in total. The maximum absolute atomic E-state index is 13.5. The molecule has 0 bridgehead atoms. The van der Waals surface area contributed by atoms with Crippen LogP contribution in [0.15, 0.2) is 48.5 Å². The number of ether oxygens (including phenoxy) is 2. The second-order valence-electron chi connectivity index (χ2n) is 8.86. The van der Waals surface area contributed by atoms with Gasteiger partial charge in [-0.05, 0) is 68.0 Å². The van der Waals surface area contributed by atoms with E-state index in [2.05, 4.69) is 29.2 Å². The van der Waals surface area contributed by atoms with Gasteiger partial charge in [-0.15, -0.1) is 0 Å². The van der Waals surface area contributed by atoms with Crippen LogP contribution in [0, 0.1) is 5.82 Å². The average Bonchev–Trinajstić information content (AvgIpc) is 3.02. The summed E-state index contributed by atoms with van der Waals surface area (Å²) in [5.74, 6) is -0.327. The van der Waals surface area contributed by atoms with Gasteiger partial charge < -0.3 is 24.4 Å². The average molecular weight is 457 g/mol. The van der Waals surface area contributed by atoms with Gasteiger partial charge in [0, 0.05) is 31.9 Å². The van der Waals surface area contributed by atoms with Crippen molar-refractivity contribution in [2.75, 3.05) is 44.4 Å². The number of carbonyl (C=O) groups is 1. The molecule has 0 aliphatic carbocycles. The molecule has 2 aromatic rings. The Bertz CT molecular complexity index is 915. The van der Waals surface area contributed by atoms with Crippen molar-refractivity contribution in [2.45, 2.75) is 44.2 Å². The molecule has 6 nitrogen and oxygen atoms in total. The van der Waals surface area contributed by atoms with Crippen molar-refractivity contribution in [1.29, 1.82) is 0 Å². The molecule has 7 heteroatoms. The smallest absolute Gasteiger partial charge is 0.411 e. The SMILES string of the molecule is CC(c1ccc(N2CCOCC2)cc1)N1CCCC(CCCO)(c2ccc(F)cc2)OC1=O. The molecule has 0 radical (unpaired) electrons. The quantitative estimate of drug-likeness (QED) is 0.659. The largest absolute Gasteiger partial charge is 0.438 e. The molecule has 178 valence electrons. The third-order valence-corrected chi connectivity index (χ3v) is 6.83. The molecule has 0 spiro atoms. The van der Waals surface area contributed by atoms with Crippen molar-refractivity contribution < 1.29 is 23.8 Å². The van der Waals surface area contributed by atoms with Gasteiger partial charge in [-0.2, -0.15) is 0 Å². The fourth-order valence-corrected chi connectivity index (χ4v) is 4.86. The minimum Gasteiger partial charge on any atom is -0.438 e. The van der Waals surface area contributed by atoms with E-state index in [9.17, 15) is 14.3 Å². The molecule has 2 aromatic carbocycles. The topological polar surface area (TPSA) is 62.2 Å². The van der Waals surface area contributed by atoms with E-state index in [0.717, 1.165) is 49.5 Å². The van der Waals surface area contributed by atoms with Gasteiger partial charge in [-0.3, -0.25) is 0 Å². The number of carbonyl (C=O) groups excluding carboxylic acids is 1. The van der Waals surface area contributed by atoms with Crippen molar-refractivity contribution in [2.24, 2.45) is 0 Å². The monoisotopic (exact) mass is 456 g/mol. The zero-order valence-electron chi connectivity index (χ0n) is 19.2. The van der Waals surface area contributed by atoms with Crippen molar-refractivity contribution in [3.63, 3.8) is 0 Å². The van der Waals surface area contributed by atoms with E-state index in [1.165, 1.54) is 12.1 Å². The number of morpholine rings is 1. The molecular weight excluding hydrogens is 423 g/mol. The first kappa shape index (κ1) is 23.5. The number of amides is 1. The number of hydrogen-bond donors (Lipinski definition) is 1. The highest BCUT2D eigenvalue weighted by atomic mass is 19.1. The minimum atomic E-state index is -0.859.